The van der Waals surface area contributed by atoms with Crippen LogP contribution in [0, 0.1) is 5.82 Å². The van der Waals surface area contributed by atoms with E-state index in [2.05, 4.69) is 0 Å². The van der Waals surface area contributed by atoms with Crippen LogP contribution in [0.25, 0.3) is 0 Å². The Labute approximate surface area is 131 Å². The molecule has 114 valence electrons. The van der Waals surface area contributed by atoms with Gasteiger partial charge in [0.1, 0.15) is 5.82 Å². The first kappa shape index (κ1) is 15.0. The van der Waals surface area contributed by atoms with Gasteiger partial charge in [-0.05, 0) is 24.3 Å². The van der Waals surface area contributed by atoms with Gasteiger partial charge in [0, 0.05) is 16.1 Å². The summed E-state index contributed by atoms with van der Waals surface area (Å²) in [6.07, 6.45) is 0. The summed E-state index contributed by atoms with van der Waals surface area (Å²) in [5, 5.41) is 9.73. The molecule has 22 heavy (non-hydrogen) atoms. The standard InChI is InChI=1S/C16H12ClFO4/c17-11-3-6-14(13(9-11)15(19)20)16(21-7-8-22-16)10-1-4-12(18)5-2-10/h1-6,9H,7-8H2,(H,19,20). The Bertz CT molecular complexity index is 709. The second-order valence-electron chi connectivity index (χ2n) is 4.82. The van der Waals surface area contributed by atoms with E-state index in [4.69, 9.17) is 21.1 Å². The maximum atomic E-state index is 13.2. The van der Waals surface area contributed by atoms with E-state index < -0.39 is 17.6 Å². The van der Waals surface area contributed by atoms with Crippen molar-refractivity contribution in [3.8, 4) is 0 Å². The molecule has 1 aliphatic rings. The summed E-state index contributed by atoms with van der Waals surface area (Å²) in [5.74, 6) is -2.91. The Balaban J connectivity index is 2.20. The molecule has 0 aromatic heterocycles. The number of rotatable bonds is 3. The number of hydrogen-bond acceptors (Lipinski definition) is 3. The van der Waals surface area contributed by atoms with Gasteiger partial charge in [-0.2, -0.15) is 0 Å². The van der Waals surface area contributed by atoms with Crippen molar-refractivity contribution in [1.29, 1.82) is 0 Å². The molecule has 1 N–H and O–H groups in total. The summed E-state index contributed by atoms with van der Waals surface area (Å²) in [7, 11) is 0. The van der Waals surface area contributed by atoms with Crippen molar-refractivity contribution in [3.63, 3.8) is 0 Å². The Morgan fingerprint density at radius 1 is 1.14 bits per heavy atom. The summed E-state index contributed by atoms with van der Waals surface area (Å²) < 4.78 is 24.6. The first-order chi connectivity index (χ1) is 10.5. The van der Waals surface area contributed by atoms with Crippen LogP contribution in [0.4, 0.5) is 4.39 Å². The zero-order chi connectivity index (χ0) is 15.7. The fraction of sp³-hybridized carbons (Fsp3) is 0.188. The Kier molecular flexibility index (Phi) is 3.87. The van der Waals surface area contributed by atoms with Crippen LogP contribution in [0.2, 0.25) is 5.02 Å². The number of aromatic carboxylic acids is 1. The molecule has 0 unspecified atom stereocenters. The van der Waals surface area contributed by atoms with Gasteiger partial charge in [0.2, 0.25) is 5.79 Å². The molecular weight excluding hydrogens is 311 g/mol. The van der Waals surface area contributed by atoms with E-state index in [1.165, 1.54) is 30.3 Å². The smallest absolute Gasteiger partial charge is 0.336 e. The number of hydrogen-bond donors (Lipinski definition) is 1. The summed E-state index contributed by atoms with van der Waals surface area (Å²) in [6, 6.07) is 10.0. The lowest BCUT2D eigenvalue weighted by Crippen LogP contribution is -2.31. The second kappa shape index (κ2) is 5.68. The third-order valence-corrected chi connectivity index (χ3v) is 3.72. The van der Waals surface area contributed by atoms with E-state index in [0.717, 1.165) is 0 Å². The molecule has 1 aliphatic heterocycles. The van der Waals surface area contributed by atoms with Crippen molar-refractivity contribution in [3.05, 3.63) is 70.0 Å². The van der Waals surface area contributed by atoms with Crippen molar-refractivity contribution < 1.29 is 23.8 Å². The predicted molar refractivity (Wildman–Crippen MR) is 77.5 cm³/mol. The van der Waals surface area contributed by atoms with Crippen LogP contribution in [0.1, 0.15) is 21.5 Å². The van der Waals surface area contributed by atoms with Crippen molar-refractivity contribution in [2.24, 2.45) is 0 Å². The molecule has 0 aliphatic carbocycles. The number of halogens is 2. The molecule has 0 atom stereocenters. The molecule has 2 aromatic carbocycles. The monoisotopic (exact) mass is 322 g/mol. The van der Waals surface area contributed by atoms with Crippen molar-refractivity contribution in [1.82, 2.24) is 0 Å². The van der Waals surface area contributed by atoms with Gasteiger partial charge >= 0.3 is 5.97 Å². The lowest BCUT2D eigenvalue weighted by atomic mass is 9.93. The highest BCUT2D eigenvalue weighted by Gasteiger charge is 2.43. The van der Waals surface area contributed by atoms with Crippen LogP contribution >= 0.6 is 11.6 Å². The summed E-state index contributed by atoms with van der Waals surface area (Å²) in [5.41, 5.74) is 0.837. The van der Waals surface area contributed by atoms with Crippen molar-refractivity contribution in [2.45, 2.75) is 5.79 Å². The largest absolute Gasteiger partial charge is 0.478 e. The summed E-state index contributed by atoms with van der Waals surface area (Å²) >= 11 is 5.89. The van der Waals surface area contributed by atoms with E-state index in [-0.39, 0.29) is 5.56 Å². The highest BCUT2D eigenvalue weighted by atomic mass is 35.5. The average Bonchev–Trinajstić information content (AvgIpc) is 2.98. The van der Waals surface area contributed by atoms with Crippen LogP contribution in [-0.2, 0) is 15.3 Å². The second-order valence-corrected chi connectivity index (χ2v) is 5.25. The summed E-state index contributed by atoms with van der Waals surface area (Å²) in [6.45, 7) is 0.609. The molecule has 2 aromatic rings. The van der Waals surface area contributed by atoms with Crippen molar-refractivity contribution >= 4 is 17.6 Å². The third kappa shape index (κ3) is 2.47. The Morgan fingerprint density at radius 2 is 1.77 bits per heavy atom. The normalized spacial score (nSPS) is 16.6. The fourth-order valence-electron chi connectivity index (χ4n) is 2.54. The zero-order valence-electron chi connectivity index (χ0n) is 11.4. The van der Waals surface area contributed by atoms with E-state index >= 15 is 0 Å². The van der Waals surface area contributed by atoms with Gasteiger partial charge in [0.05, 0.1) is 18.8 Å². The topological polar surface area (TPSA) is 55.8 Å². The van der Waals surface area contributed by atoms with E-state index in [9.17, 15) is 14.3 Å². The molecular formula is C16H12ClFO4. The van der Waals surface area contributed by atoms with Gasteiger partial charge in [-0.15, -0.1) is 0 Å². The molecule has 0 saturated carbocycles. The van der Waals surface area contributed by atoms with E-state index in [1.54, 1.807) is 12.1 Å². The van der Waals surface area contributed by atoms with Crippen LogP contribution in [-0.4, -0.2) is 24.3 Å². The van der Waals surface area contributed by atoms with E-state index in [1.807, 2.05) is 0 Å². The minimum atomic E-state index is -1.37. The molecule has 0 radical (unpaired) electrons. The molecule has 1 saturated heterocycles. The van der Waals surface area contributed by atoms with E-state index in [0.29, 0.717) is 29.4 Å². The van der Waals surface area contributed by atoms with Gasteiger partial charge < -0.3 is 14.6 Å². The number of carboxylic acids is 1. The molecule has 1 heterocycles. The number of carbonyl (C=O) groups is 1. The quantitative estimate of drug-likeness (QED) is 0.940. The third-order valence-electron chi connectivity index (χ3n) is 3.48. The predicted octanol–water partition coefficient (Wildman–Crippen LogP) is 3.43. The Hall–Kier alpha value is -1.95. The van der Waals surface area contributed by atoms with Gasteiger partial charge in [0.25, 0.3) is 0 Å². The van der Waals surface area contributed by atoms with Gasteiger partial charge in [-0.25, -0.2) is 9.18 Å². The molecule has 4 nitrogen and oxygen atoms in total. The van der Waals surface area contributed by atoms with Gasteiger partial charge in [-0.3, -0.25) is 0 Å². The fourth-order valence-corrected chi connectivity index (χ4v) is 2.71. The summed E-state index contributed by atoms with van der Waals surface area (Å²) in [4.78, 5) is 11.5. The number of benzene rings is 2. The van der Waals surface area contributed by atoms with Gasteiger partial charge in [0.15, 0.2) is 0 Å². The van der Waals surface area contributed by atoms with Gasteiger partial charge in [-0.1, -0.05) is 29.8 Å². The molecule has 0 bridgehead atoms. The van der Waals surface area contributed by atoms with Crippen LogP contribution < -0.4 is 0 Å². The maximum absolute atomic E-state index is 13.2. The SMILES string of the molecule is O=C(O)c1cc(Cl)ccc1C1(c2ccc(F)cc2)OCCO1. The number of carboxylic acid groups (broad SMARTS) is 1. The van der Waals surface area contributed by atoms with Crippen LogP contribution in [0.3, 0.4) is 0 Å². The first-order valence-corrected chi connectivity index (χ1v) is 6.98. The number of ether oxygens (including phenoxy) is 2. The van der Waals surface area contributed by atoms with Crippen LogP contribution in [0.5, 0.6) is 0 Å². The molecule has 0 spiro atoms. The highest BCUT2D eigenvalue weighted by Crippen LogP contribution is 2.40. The lowest BCUT2D eigenvalue weighted by molar-refractivity contribution is -0.130. The van der Waals surface area contributed by atoms with Crippen molar-refractivity contribution in [2.75, 3.05) is 13.2 Å². The Morgan fingerprint density at radius 3 is 2.36 bits per heavy atom. The zero-order valence-corrected chi connectivity index (χ0v) is 12.1. The average molecular weight is 323 g/mol. The molecule has 3 rings (SSSR count). The van der Waals surface area contributed by atoms with Crippen LogP contribution in [0.15, 0.2) is 42.5 Å². The molecule has 1 fully saturated rings. The molecule has 6 heteroatoms. The lowest BCUT2D eigenvalue weighted by Gasteiger charge is -2.29. The minimum absolute atomic E-state index is 0.0151. The first-order valence-electron chi connectivity index (χ1n) is 6.60. The minimum Gasteiger partial charge on any atom is -0.478 e. The highest BCUT2D eigenvalue weighted by molar-refractivity contribution is 6.31. The molecule has 0 amide bonds. The maximum Gasteiger partial charge on any atom is 0.336 e.